The van der Waals surface area contributed by atoms with Crippen LogP contribution < -0.4 is 10.1 Å². The van der Waals surface area contributed by atoms with E-state index in [9.17, 15) is 4.79 Å². The second-order valence-electron chi connectivity index (χ2n) is 9.16. The molecule has 0 saturated carbocycles. The highest BCUT2D eigenvalue weighted by atomic mass is 16.5. The number of benzene rings is 1. The first kappa shape index (κ1) is 22.3. The number of carbonyl (C=O) groups excluding carboxylic acids is 1. The standard InChI is InChI=1S/C24H27N7O2/c1-16-9-17(20-7-8-26-11-22(20)33-19-12-30(13-19)15-25)5-6-18(16)10-27-23(32)21-14-31(29-28-21)24(2,3)4/h5-9,11,14,19H,10,12-13H2,1-4H3,(H,27,32). The van der Waals surface area contributed by atoms with Gasteiger partial charge >= 0.3 is 0 Å². The van der Waals surface area contributed by atoms with Gasteiger partial charge in [0.1, 0.15) is 11.9 Å². The Labute approximate surface area is 193 Å². The number of nitrogens with one attached hydrogen (secondary N) is 1. The molecule has 1 aromatic carbocycles. The Balaban J connectivity index is 1.43. The van der Waals surface area contributed by atoms with E-state index in [-0.39, 0.29) is 17.6 Å². The Kier molecular flexibility index (Phi) is 6.01. The van der Waals surface area contributed by atoms with Gasteiger partial charge in [-0.3, -0.25) is 9.78 Å². The van der Waals surface area contributed by atoms with Crippen LogP contribution in [0.3, 0.4) is 0 Å². The van der Waals surface area contributed by atoms with Gasteiger partial charge in [0.25, 0.3) is 5.91 Å². The summed E-state index contributed by atoms with van der Waals surface area (Å²) in [7, 11) is 0. The number of hydrogen-bond donors (Lipinski definition) is 1. The number of ether oxygens (including phenoxy) is 1. The molecule has 3 aromatic rings. The van der Waals surface area contributed by atoms with Crippen molar-refractivity contribution >= 4 is 5.91 Å². The predicted molar refractivity (Wildman–Crippen MR) is 122 cm³/mol. The van der Waals surface area contributed by atoms with Crippen LogP contribution >= 0.6 is 0 Å². The lowest BCUT2D eigenvalue weighted by atomic mass is 10.00. The van der Waals surface area contributed by atoms with Crippen molar-refractivity contribution in [3.8, 4) is 23.1 Å². The van der Waals surface area contributed by atoms with E-state index in [2.05, 4.69) is 32.9 Å². The van der Waals surface area contributed by atoms with E-state index < -0.39 is 0 Å². The lowest BCUT2D eigenvalue weighted by molar-refractivity contribution is 0.0592. The van der Waals surface area contributed by atoms with Crippen molar-refractivity contribution in [1.82, 2.24) is 30.2 Å². The fraction of sp³-hybridized carbons (Fsp3) is 0.375. The van der Waals surface area contributed by atoms with Crippen LogP contribution in [0.4, 0.5) is 0 Å². The summed E-state index contributed by atoms with van der Waals surface area (Å²) in [5, 5.41) is 19.9. The molecule has 0 aliphatic carbocycles. The first-order valence-electron chi connectivity index (χ1n) is 10.8. The molecule has 0 radical (unpaired) electrons. The SMILES string of the molecule is Cc1cc(-c2ccncc2OC2CN(C#N)C2)ccc1CNC(=O)c1cn(C(C)(C)C)nn1. The minimum atomic E-state index is -0.259. The number of aryl methyl sites for hydroxylation is 1. The van der Waals surface area contributed by atoms with E-state index in [0.29, 0.717) is 31.1 Å². The molecule has 170 valence electrons. The van der Waals surface area contributed by atoms with Crippen LogP contribution in [0.1, 0.15) is 42.4 Å². The third-order valence-corrected chi connectivity index (χ3v) is 5.57. The van der Waals surface area contributed by atoms with Gasteiger partial charge in [0, 0.05) is 18.3 Å². The molecule has 0 unspecified atom stereocenters. The molecule has 2 aromatic heterocycles. The molecule has 4 rings (SSSR count). The highest BCUT2D eigenvalue weighted by molar-refractivity contribution is 5.91. The number of aromatic nitrogens is 4. The Morgan fingerprint density at radius 3 is 2.76 bits per heavy atom. The third kappa shape index (κ3) is 4.95. The maximum absolute atomic E-state index is 12.5. The molecule has 0 spiro atoms. The van der Waals surface area contributed by atoms with Crippen molar-refractivity contribution < 1.29 is 9.53 Å². The minimum absolute atomic E-state index is 0.0144. The van der Waals surface area contributed by atoms with E-state index in [0.717, 1.165) is 22.3 Å². The second-order valence-corrected chi connectivity index (χ2v) is 9.16. The largest absolute Gasteiger partial charge is 0.484 e. The predicted octanol–water partition coefficient (Wildman–Crippen LogP) is 2.88. The molecular weight excluding hydrogens is 418 g/mol. The number of likely N-dealkylation sites (tertiary alicyclic amines) is 1. The molecule has 9 heteroatoms. The smallest absolute Gasteiger partial charge is 0.273 e. The van der Waals surface area contributed by atoms with Crippen LogP contribution in [0.15, 0.2) is 42.9 Å². The number of rotatable bonds is 6. The van der Waals surface area contributed by atoms with Gasteiger partial charge in [-0.2, -0.15) is 5.26 Å². The Bertz CT molecular complexity index is 1200. The minimum Gasteiger partial charge on any atom is -0.484 e. The molecule has 0 atom stereocenters. The molecular formula is C24H27N7O2. The van der Waals surface area contributed by atoms with Gasteiger partial charge in [-0.25, -0.2) is 4.68 Å². The lowest BCUT2D eigenvalue weighted by Gasteiger charge is -2.35. The van der Waals surface area contributed by atoms with Gasteiger partial charge in [-0.1, -0.05) is 23.4 Å². The van der Waals surface area contributed by atoms with Gasteiger partial charge < -0.3 is 15.0 Å². The van der Waals surface area contributed by atoms with Crippen molar-refractivity contribution in [2.45, 2.75) is 45.9 Å². The summed E-state index contributed by atoms with van der Waals surface area (Å²) in [6, 6.07) is 8.00. The van der Waals surface area contributed by atoms with Gasteiger partial charge in [-0.05, 0) is 50.5 Å². The second kappa shape index (κ2) is 8.90. The summed E-state index contributed by atoms with van der Waals surface area (Å²) < 4.78 is 7.74. The zero-order valence-corrected chi connectivity index (χ0v) is 19.2. The maximum Gasteiger partial charge on any atom is 0.273 e. The molecule has 3 heterocycles. The fourth-order valence-electron chi connectivity index (χ4n) is 3.51. The molecule has 1 aliphatic heterocycles. The van der Waals surface area contributed by atoms with Crippen LogP contribution in [-0.4, -0.2) is 50.0 Å². The number of amides is 1. The van der Waals surface area contributed by atoms with E-state index >= 15 is 0 Å². The molecule has 0 bridgehead atoms. The van der Waals surface area contributed by atoms with E-state index in [1.807, 2.05) is 45.9 Å². The molecule has 33 heavy (non-hydrogen) atoms. The first-order valence-corrected chi connectivity index (χ1v) is 10.8. The topological polar surface area (TPSA) is 109 Å². The number of pyridine rings is 1. The number of nitriles is 1. The average molecular weight is 446 g/mol. The molecule has 1 aliphatic rings. The highest BCUT2D eigenvalue weighted by Gasteiger charge is 2.28. The molecule has 1 N–H and O–H groups in total. The normalized spacial score (nSPS) is 13.8. The Morgan fingerprint density at radius 1 is 1.30 bits per heavy atom. The third-order valence-electron chi connectivity index (χ3n) is 5.57. The monoisotopic (exact) mass is 445 g/mol. The molecule has 1 fully saturated rings. The van der Waals surface area contributed by atoms with E-state index in [1.54, 1.807) is 28.2 Å². The van der Waals surface area contributed by atoms with E-state index in [1.165, 1.54) is 0 Å². The zero-order valence-electron chi connectivity index (χ0n) is 19.2. The molecule has 9 nitrogen and oxygen atoms in total. The van der Waals surface area contributed by atoms with Gasteiger partial charge in [0.05, 0.1) is 31.0 Å². The quantitative estimate of drug-likeness (QED) is 0.581. The van der Waals surface area contributed by atoms with Crippen LogP contribution in [0, 0.1) is 18.4 Å². The van der Waals surface area contributed by atoms with Crippen molar-refractivity contribution in [1.29, 1.82) is 5.26 Å². The summed E-state index contributed by atoms with van der Waals surface area (Å²) in [5.74, 6) is 0.438. The highest BCUT2D eigenvalue weighted by Crippen LogP contribution is 2.32. The Morgan fingerprint density at radius 2 is 2.09 bits per heavy atom. The van der Waals surface area contributed by atoms with Crippen molar-refractivity contribution in [2.75, 3.05) is 13.1 Å². The van der Waals surface area contributed by atoms with Gasteiger partial charge in [0.15, 0.2) is 11.9 Å². The molecule has 1 saturated heterocycles. The first-order chi connectivity index (χ1) is 15.7. The van der Waals surface area contributed by atoms with Crippen molar-refractivity contribution in [3.05, 3.63) is 59.7 Å². The summed E-state index contributed by atoms with van der Waals surface area (Å²) in [5.41, 5.74) is 4.07. The maximum atomic E-state index is 12.5. The van der Waals surface area contributed by atoms with Crippen LogP contribution in [0.5, 0.6) is 5.75 Å². The lowest BCUT2D eigenvalue weighted by Crippen LogP contribution is -2.51. The summed E-state index contributed by atoms with van der Waals surface area (Å²) in [4.78, 5) is 18.4. The fourth-order valence-corrected chi connectivity index (χ4v) is 3.51. The zero-order chi connectivity index (χ0) is 23.6. The molecule has 1 amide bonds. The number of hydrogen-bond acceptors (Lipinski definition) is 7. The van der Waals surface area contributed by atoms with E-state index in [4.69, 9.17) is 10.00 Å². The van der Waals surface area contributed by atoms with Crippen LogP contribution in [0.25, 0.3) is 11.1 Å². The summed E-state index contributed by atoms with van der Waals surface area (Å²) >= 11 is 0. The van der Waals surface area contributed by atoms with Crippen molar-refractivity contribution in [3.63, 3.8) is 0 Å². The average Bonchev–Trinajstić information content (AvgIpc) is 3.26. The Hall–Kier alpha value is -3.93. The summed E-state index contributed by atoms with van der Waals surface area (Å²) in [6.45, 7) is 9.58. The van der Waals surface area contributed by atoms with Crippen LogP contribution in [0.2, 0.25) is 0 Å². The number of carbonyl (C=O) groups is 1. The number of nitrogens with zero attached hydrogens (tertiary/aromatic N) is 6. The van der Waals surface area contributed by atoms with Gasteiger partial charge in [-0.15, -0.1) is 5.10 Å². The van der Waals surface area contributed by atoms with Crippen molar-refractivity contribution in [2.24, 2.45) is 0 Å². The summed E-state index contributed by atoms with van der Waals surface area (Å²) in [6.07, 6.45) is 7.20. The van der Waals surface area contributed by atoms with Gasteiger partial charge in [0.2, 0.25) is 0 Å². The van der Waals surface area contributed by atoms with Crippen LogP contribution in [-0.2, 0) is 12.1 Å².